The third kappa shape index (κ3) is 2.13. The highest BCUT2D eigenvalue weighted by Gasteiger charge is 2.12. The van der Waals surface area contributed by atoms with Crippen molar-refractivity contribution >= 4 is 16.6 Å². The Morgan fingerprint density at radius 2 is 2.00 bits per heavy atom. The normalized spacial score (nSPS) is 11.8. The minimum Gasteiger partial charge on any atom is -0.497 e. The summed E-state index contributed by atoms with van der Waals surface area (Å²) >= 11 is 0. The summed E-state index contributed by atoms with van der Waals surface area (Å²) in [5, 5.41) is 4.63. The summed E-state index contributed by atoms with van der Waals surface area (Å²) in [7, 11) is 1.69. The monoisotopic (exact) mass is 218 g/mol. The molecule has 3 nitrogen and oxygen atoms in total. The molecular weight excluding hydrogens is 200 g/mol. The van der Waals surface area contributed by atoms with Gasteiger partial charge in [-0.3, -0.25) is 0 Å². The maximum atomic E-state index is 5.24. The summed E-state index contributed by atoms with van der Waals surface area (Å²) in [5.74, 6) is 0.879. The molecule has 16 heavy (non-hydrogen) atoms. The number of rotatable bonds is 2. The minimum atomic E-state index is 0.0538. The lowest BCUT2D eigenvalue weighted by molar-refractivity contribution is 0.415. The lowest BCUT2D eigenvalue weighted by atomic mass is 10.1. The quantitative estimate of drug-likeness (QED) is 0.810. The number of hydrogen-bond donors (Lipinski definition) is 2. The fraction of sp³-hybridized carbons (Fsp3) is 0.385. The average Bonchev–Trinajstić information content (AvgIpc) is 2.58. The second kappa shape index (κ2) is 3.74. The van der Waals surface area contributed by atoms with E-state index in [1.165, 1.54) is 0 Å². The fourth-order valence-corrected chi connectivity index (χ4v) is 1.73. The van der Waals surface area contributed by atoms with Crippen LogP contribution in [0.2, 0.25) is 0 Å². The largest absolute Gasteiger partial charge is 0.497 e. The van der Waals surface area contributed by atoms with Gasteiger partial charge in [-0.05, 0) is 39.0 Å². The van der Waals surface area contributed by atoms with Gasteiger partial charge in [-0.2, -0.15) is 0 Å². The van der Waals surface area contributed by atoms with Crippen LogP contribution in [0.3, 0.4) is 0 Å². The van der Waals surface area contributed by atoms with Crippen molar-refractivity contribution in [2.24, 2.45) is 0 Å². The molecule has 1 aromatic heterocycles. The molecule has 0 bridgehead atoms. The highest BCUT2D eigenvalue weighted by atomic mass is 16.5. The first-order valence-electron chi connectivity index (χ1n) is 5.43. The van der Waals surface area contributed by atoms with Gasteiger partial charge in [0.1, 0.15) is 5.75 Å². The topological polar surface area (TPSA) is 37.0 Å². The molecule has 3 heteroatoms. The van der Waals surface area contributed by atoms with Gasteiger partial charge in [0, 0.05) is 22.6 Å². The van der Waals surface area contributed by atoms with E-state index in [2.05, 4.69) is 31.1 Å². The SMILES string of the molecule is COc1ccc2[nH]cc(NC(C)(C)C)c2c1. The summed E-state index contributed by atoms with van der Waals surface area (Å²) in [5.41, 5.74) is 2.28. The zero-order valence-electron chi connectivity index (χ0n) is 10.2. The van der Waals surface area contributed by atoms with E-state index >= 15 is 0 Å². The predicted octanol–water partition coefficient (Wildman–Crippen LogP) is 3.39. The van der Waals surface area contributed by atoms with Crippen LogP contribution in [-0.4, -0.2) is 17.6 Å². The second-order valence-corrected chi connectivity index (χ2v) is 4.99. The maximum Gasteiger partial charge on any atom is 0.119 e. The molecule has 0 radical (unpaired) electrons. The number of ether oxygens (including phenoxy) is 1. The van der Waals surface area contributed by atoms with Gasteiger partial charge in [0.25, 0.3) is 0 Å². The van der Waals surface area contributed by atoms with Crippen LogP contribution in [0.1, 0.15) is 20.8 Å². The first-order chi connectivity index (χ1) is 7.49. The summed E-state index contributed by atoms with van der Waals surface area (Å²) in [6, 6.07) is 6.03. The smallest absolute Gasteiger partial charge is 0.119 e. The zero-order chi connectivity index (χ0) is 11.8. The third-order valence-corrected chi connectivity index (χ3v) is 2.40. The molecule has 0 amide bonds. The first kappa shape index (κ1) is 10.9. The van der Waals surface area contributed by atoms with Crippen LogP contribution in [0.5, 0.6) is 5.75 Å². The molecular formula is C13H18N2O. The van der Waals surface area contributed by atoms with E-state index in [0.717, 1.165) is 22.3 Å². The Bertz CT molecular complexity index is 494. The fourth-order valence-electron chi connectivity index (χ4n) is 1.73. The van der Waals surface area contributed by atoms with Gasteiger partial charge in [-0.1, -0.05) is 0 Å². The van der Waals surface area contributed by atoms with Crippen molar-refractivity contribution in [2.45, 2.75) is 26.3 Å². The highest BCUT2D eigenvalue weighted by molar-refractivity contribution is 5.93. The molecule has 0 unspecified atom stereocenters. The number of fused-ring (bicyclic) bond motifs is 1. The summed E-state index contributed by atoms with van der Waals surface area (Å²) in [6.45, 7) is 6.43. The van der Waals surface area contributed by atoms with Crippen LogP contribution in [0, 0.1) is 0 Å². The molecule has 0 aliphatic heterocycles. The van der Waals surface area contributed by atoms with E-state index < -0.39 is 0 Å². The van der Waals surface area contributed by atoms with E-state index in [1.807, 2.05) is 24.4 Å². The van der Waals surface area contributed by atoms with Gasteiger partial charge < -0.3 is 15.0 Å². The Morgan fingerprint density at radius 3 is 2.62 bits per heavy atom. The standard InChI is InChI=1S/C13H18N2O/c1-13(2,3)15-12-8-14-11-6-5-9(16-4)7-10(11)12/h5-8,14-15H,1-4H3. The number of benzene rings is 1. The van der Waals surface area contributed by atoms with Crippen molar-refractivity contribution in [1.82, 2.24) is 4.98 Å². The molecule has 0 spiro atoms. The lowest BCUT2D eigenvalue weighted by Crippen LogP contribution is -2.25. The lowest BCUT2D eigenvalue weighted by Gasteiger charge is -2.21. The average molecular weight is 218 g/mol. The Hall–Kier alpha value is -1.64. The van der Waals surface area contributed by atoms with Crippen LogP contribution >= 0.6 is 0 Å². The Balaban J connectivity index is 2.46. The summed E-state index contributed by atoms with van der Waals surface area (Å²) in [6.07, 6.45) is 2.00. The molecule has 0 aliphatic carbocycles. The number of hydrogen-bond acceptors (Lipinski definition) is 2. The number of H-pyrrole nitrogens is 1. The van der Waals surface area contributed by atoms with E-state index in [0.29, 0.717) is 0 Å². The van der Waals surface area contributed by atoms with Crippen molar-refractivity contribution in [2.75, 3.05) is 12.4 Å². The van der Waals surface area contributed by atoms with E-state index in [4.69, 9.17) is 4.74 Å². The van der Waals surface area contributed by atoms with Crippen LogP contribution in [-0.2, 0) is 0 Å². The van der Waals surface area contributed by atoms with Gasteiger partial charge in [0.05, 0.1) is 12.8 Å². The van der Waals surface area contributed by atoms with Gasteiger partial charge in [-0.25, -0.2) is 0 Å². The van der Waals surface area contributed by atoms with Gasteiger partial charge in [0.2, 0.25) is 0 Å². The maximum absolute atomic E-state index is 5.24. The predicted molar refractivity (Wildman–Crippen MR) is 68.2 cm³/mol. The van der Waals surface area contributed by atoms with Crippen molar-refractivity contribution < 1.29 is 4.74 Å². The van der Waals surface area contributed by atoms with Gasteiger partial charge >= 0.3 is 0 Å². The Kier molecular flexibility index (Phi) is 2.54. The molecule has 0 aliphatic rings. The minimum absolute atomic E-state index is 0.0538. The number of methoxy groups -OCH3 is 1. The number of nitrogens with one attached hydrogen (secondary N) is 2. The zero-order valence-corrected chi connectivity index (χ0v) is 10.2. The molecule has 2 aromatic rings. The molecule has 0 fully saturated rings. The molecule has 1 aromatic carbocycles. The molecule has 2 rings (SSSR count). The molecule has 0 atom stereocenters. The number of aromatic nitrogens is 1. The second-order valence-electron chi connectivity index (χ2n) is 4.99. The molecule has 86 valence electrons. The molecule has 1 heterocycles. The summed E-state index contributed by atoms with van der Waals surface area (Å²) < 4.78 is 5.24. The van der Waals surface area contributed by atoms with Crippen molar-refractivity contribution in [3.63, 3.8) is 0 Å². The third-order valence-electron chi connectivity index (χ3n) is 2.40. The number of anilines is 1. The molecule has 0 saturated carbocycles. The van der Waals surface area contributed by atoms with E-state index in [-0.39, 0.29) is 5.54 Å². The van der Waals surface area contributed by atoms with Crippen LogP contribution < -0.4 is 10.1 Å². The Morgan fingerprint density at radius 1 is 1.25 bits per heavy atom. The summed E-state index contributed by atoms with van der Waals surface area (Å²) in [4.78, 5) is 3.24. The number of aromatic amines is 1. The van der Waals surface area contributed by atoms with E-state index in [9.17, 15) is 0 Å². The van der Waals surface area contributed by atoms with Crippen molar-refractivity contribution in [3.05, 3.63) is 24.4 Å². The Labute approximate surface area is 95.8 Å². The first-order valence-corrected chi connectivity index (χ1v) is 5.43. The van der Waals surface area contributed by atoms with Crippen LogP contribution in [0.15, 0.2) is 24.4 Å². The molecule has 0 saturated heterocycles. The van der Waals surface area contributed by atoms with Crippen molar-refractivity contribution in [3.8, 4) is 5.75 Å². The van der Waals surface area contributed by atoms with Gasteiger partial charge in [-0.15, -0.1) is 0 Å². The molecule has 2 N–H and O–H groups in total. The van der Waals surface area contributed by atoms with Crippen LogP contribution in [0.25, 0.3) is 10.9 Å². The van der Waals surface area contributed by atoms with Crippen molar-refractivity contribution in [1.29, 1.82) is 0 Å². The van der Waals surface area contributed by atoms with E-state index in [1.54, 1.807) is 7.11 Å². The highest BCUT2D eigenvalue weighted by Crippen LogP contribution is 2.28. The van der Waals surface area contributed by atoms with Crippen LogP contribution in [0.4, 0.5) is 5.69 Å². The van der Waals surface area contributed by atoms with Gasteiger partial charge in [0.15, 0.2) is 0 Å².